The average Bonchev–Trinajstić information content (AvgIpc) is 2.03. The molecule has 0 fully saturated rings. The van der Waals surface area contributed by atoms with Gasteiger partial charge >= 0.3 is 5.97 Å². The Kier molecular flexibility index (Phi) is 12.1. The Morgan fingerprint density at radius 1 is 1.38 bits per heavy atom. The predicted octanol–water partition coefficient (Wildman–Crippen LogP) is 0.677. The number of carboxylic acid groups (broad SMARTS) is 1. The minimum Gasteiger partial charge on any atom is -0.481 e. The van der Waals surface area contributed by atoms with Crippen molar-refractivity contribution in [1.29, 1.82) is 0 Å². The molecule has 13 heavy (non-hydrogen) atoms. The molecule has 0 unspecified atom stereocenters. The maximum absolute atomic E-state index is 10.4. The highest BCUT2D eigenvalue weighted by atomic mass is 16.5. The fourth-order valence-electron chi connectivity index (χ4n) is 0.402. The van der Waals surface area contributed by atoms with E-state index in [1.165, 1.54) is 7.11 Å². The lowest BCUT2D eigenvalue weighted by Crippen LogP contribution is -2.05. The number of rotatable bonds is 4. The van der Waals surface area contributed by atoms with Crippen LogP contribution in [-0.2, 0) is 19.1 Å². The number of carbonyl (C=O) groups is 2. The van der Waals surface area contributed by atoms with E-state index in [0.29, 0.717) is 19.6 Å². The van der Waals surface area contributed by atoms with Gasteiger partial charge in [-0.2, -0.15) is 0 Å². The normalized spacial score (nSPS) is 8.23. The van der Waals surface area contributed by atoms with E-state index in [-0.39, 0.29) is 5.97 Å². The van der Waals surface area contributed by atoms with Crippen LogP contribution in [0, 0.1) is 0 Å². The van der Waals surface area contributed by atoms with Crippen molar-refractivity contribution < 1.29 is 24.2 Å². The van der Waals surface area contributed by atoms with Crippen molar-refractivity contribution in [3.8, 4) is 0 Å². The highest BCUT2D eigenvalue weighted by molar-refractivity contribution is 5.69. The molecule has 0 aromatic heterocycles. The SMILES string of the molecule is CC(=O)O.CCOCCC(=O)OC. The van der Waals surface area contributed by atoms with Crippen LogP contribution in [0.1, 0.15) is 20.3 Å². The summed E-state index contributed by atoms with van der Waals surface area (Å²) in [6.45, 7) is 4.08. The van der Waals surface area contributed by atoms with Gasteiger partial charge in [-0.25, -0.2) is 0 Å². The lowest BCUT2D eigenvalue weighted by Gasteiger charge is -1.97. The second-order valence-corrected chi connectivity index (χ2v) is 2.04. The molecule has 78 valence electrons. The van der Waals surface area contributed by atoms with Gasteiger partial charge in [0, 0.05) is 13.5 Å². The molecule has 5 heteroatoms. The number of hydrogen-bond acceptors (Lipinski definition) is 4. The number of aliphatic carboxylic acids is 1. The van der Waals surface area contributed by atoms with E-state index in [4.69, 9.17) is 14.6 Å². The van der Waals surface area contributed by atoms with E-state index in [1.54, 1.807) is 0 Å². The minimum atomic E-state index is -0.833. The van der Waals surface area contributed by atoms with E-state index >= 15 is 0 Å². The number of carboxylic acids is 1. The van der Waals surface area contributed by atoms with Crippen molar-refractivity contribution in [1.82, 2.24) is 0 Å². The molecule has 0 aliphatic carbocycles. The van der Waals surface area contributed by atoms with Crippen LogP contribution in [0.25, 0.3) is 0 Å². The molecular weight excluding hydrogens is 176 g/mol. The number of ether oxygens (including phenoxy) is 2. The largest absolute Gasteiger partial charge is 0.481 e. The zero-order chi connectivity index (χ0) is 10.7. The van der Waals surface area contributed by atoms with Crippen LogP contribution >= 0.6 is 0 Å². The van der Waals surface area contributed by atoms with Gasteiger partial charge in [0.1, 0.15) is 0 Å². The first-order valence-corrected chi connectivity index (χ1v) is 3.88. The molecule has 0 saturated carbocycles. The minimum absolute atomic E-state index is 0.219. The first kappa shape index (κ1) is 14.4. The summed E-state index contributed by atoms with van der Waals surface area (Å²) in [5.74, 6) is -1.05. The molecule has 0 bridgehead atoms. The summed E-state index contributed by atoms with van der Waals surface area (Å²) in [6.07, 6.45) is 0.352. The van der Waals surface area contributed by atoms with E-state index in [9.17, 15) is 4.79 Å². The monoisotopic (exact) mass is 192 g/mol. The van der Waals surface area contributed by atoms with Crippen molar-refractivity contribution in [3.63, 3.8) is 0 Å². The molecule has 1 N–H and O–H groups in total. The van der Waals surface area contributed by atoms with Gasteiger partial charge in [0.2, 0.25) is 0 Å². The Hall–Kier alpha value is -1.10. The highest BCUT2D eigenvalue weighted by Crippen LogP contribution is 1.84. The summed E-state index contributed by atoms with van der Waals surface area (Å²) in [5, 5.41) is 7.42. The molecule has 0 spiro atoms. The number of hydrogen-bond donors (Lipinski definition) is 1. The van der Waals surface area contributed by atoms with Gasteiger partial charge in [-0.05, 0) is 6.92 Å². The Morgan fingerprint density at radius 3 is 2.15 bits per heavy atom. The molecule has 0 aromatic carbocycles. The van der Waals surface area contributed by atoms with E-state index in [0.717, 1.165) is 6.92 Å². The summed E-state index contributed by atoms with van der Waals surface area (Å²) in [4.78, 5) is 19.4. The van der Waals surface area contributed by atoms with Gasteiger partial charge in [-0.3, -0.25) is 9.59 Å². The van der Waals surface area contributed by atoms with Gasteiger partial charge in [0.05, 0.1) is 20.1 Å². The van der Waals surface area contributed by atoms with Gasteiger partial charge in [0.15, 0.2) is 0 Å². The van der Waals surface area contributed by atoms with Crippen LogP contribution in [-0.4, -0.2) is 37.4 Å². The van der Waals surface area contributed by atoms with Gasteiger partial charge in [0.25, 0.3) is 5.97 Å². The smallest absolute Gasteiger partial charge is 0.307 e. The first-order valence-electron chi connectivity index (χ1n) is 3.88. The molecule has 0 amide bonds. The maximum Gasteiger partial charge on any atom is 0.307 e. The second kappa shape index (κ2) is 10.9. The van der Waals surface area contributed by atoms with Crippen LogP contribution in [0.15, 0.2) is 0 Å². The van der Waals surface area contributed by atoms with Crippen molar-refractivity contribution in [3.05, 3.63) is 0 Å². The summed E-state index contributed by atoms with van der Waals surface area (Å²) in [7, 11) is 1.37. The summed E-state index contributed by atoms with van der Waals surface area (Å²) in [5.41, 5.74) is 0. The average molecular weight is 192 g/mol. The number of methoxy groups -OCH3 is 1. The molecule has 0 heterocycles. The zero-order valence-corrected chi connectivity index (χ0v) is 8.20. The standard InChI is InChI=1S/C6H12O3.C2H4O2/c1-3-9-5-4-6(7)8-2;1-2(3)4/h3-5H2,1-2H3;1H3,(H,3,4). The van der Waals surface area contributed by atoms with Crippen LogP contribution in [0.2, 0.25) is 0 Å². The van der Waals surface area contributed by atoms with Gasteiger partial charge < -0.3 is 14.6 Å². The van der Waals surface area contributed by atoms with Crippen molar-refractivity contribution in [2.75, 3.05) is 20.3 Å². The molecule has 0 rings (SSSR count). The quantitative estimate of drug-likeness (QED) is 0.523. The number of esters is 1. The molecule has 0 radical (unpaired) electrons. The Labute approximate surface area is 77.6 Å². The topological polar surface area (TPSA) is 72.8 Å². The second-order valence-electron chi connectivity index (χ2n) is 2.04. The van der Waals surface area contributed by atoms with Gasteiger partial charge in [-0.1, -0.05) is 0 Å². The third-order valence-electron chi connectivity index (χ3n) is 0.882. The van der Waals surface area contributed by atoms with Crippen molar-refractivity contribution in [2.24, 2.45) is 0 Å². The van der Waals surface area contributed by atoms with Crippen molar-refractivity contribution in [2.45, 2.75) is 20.3 Å². The lowest BCUT2D eigenvalue weighted by atomic mass is 10.5. The Balaban J connectivity index is 0. The fourth-order valence-corrected chi connectivity index (χ4v) is 0.402. The number of carbonyl (C=O) groups excluding carboxylic acids is 1. The summed E-state index contributed by atoms with van der Waals surface area (Å²) in [6, 6.07) is 0. The third-order valence-corrected chi connectivity index (χ3v) is 0.882. The summed E-state index contributed by atoms with van der Waals surface area (Å²) >= 11 is 0. The molecular formula is C8H16O5. The molecule has 0 aromatic rings. The molecule has 0 aliphatic rings. The highest BCUT2D eigenvalue weighted by Gasteiger charge is 1.96. The Morgan fingerprint density at radius 2 is 1.85 bits per heavy atom. The third kappa shape index (κ3) is 24.8. The van der Waals surface area contributed by atoms with Crippen LogP contribution < -0.4 is 0 Å². The molecule has 0 atom stereocenters. The van der Waals surface area contributed by atoms with E-state index < -0.39 is 5.97 Å². The lowest BCUT2D eigenvalue weighted by molar-refractivity contribution is -0.141. The molecule has 5 nitrogen and oxygen atoms in total. The van der Waals surface area contributed by atoms with E-state index in [2.05, 4.69) is 4.74 Å². The van der Waals surface area contributed by atoms with Crippen LogP contribution in [0.3, 0.4) is 0 Å². The van der Waals surface area contributed by atoms with Crippen molar-refractivity contribution >= 4 is 11.9 Å². The van der Waals surface area contributed by atoms with Crippen LogP contribution in [0.5, 0.6) is 0 Å². The summed E-state index contributed by atoms with van der Waals surface area (Å²) < 4.78 is 9.28. The predicted molar refractivity (Wildman–Crippen MR) is 46.4 cm³/mol. The molecule has 0 aliphatic heterocycles. The first-order chi connectivity index (χ1) is 6.04. The van der Waals surface area contributed by atoms with E-state index in [1.807, 2.05) is 6.92 Å². The van der Waals surface area contributed by atoms with Crippen LogP contribution in [0.4, 0.5) is 0 Å². The molecule has 0 saturated heterocycles. The van der Waals surface area contributed by atoms with Gasteiger partial charge in [-0.15, -0.1) is 0 Å². The maximum atomic E-state index is 10.4. The zero-order valence-electron chi connectivity index (χ0n) is 8.20. The fraction of sp³-hybridized carbons (Fsp3) is 0.750. The Bertz CT molecular complexity index is 139.